The highest BCUT2D eigenvalue weighted by Gasteiger charge is 2.21. The topological polar surface area (TPSA) is 80.1 Å². The molecular formula is C20H22ClN5O2S. The first-order valence-corrected chi connectivity index (χ1v) is 10.8. The van der Waals surface area contributed by atoms with Gasteiger partial charge in [0.15, 0.2) is 10.8 Å². The lowest BCUT2D eigenvalue weighted by Crippen LogP contribution is -2.34. The maximum Gasteiger partial charge on any atom is 0.273 e. The lowest BCUT2D eigenvalue weighted by molar-refractivity contribution is -0.121. The van der Waals surface area contributed by atoms with Crippen LogP contribution in [0.1, 0.15) is 25.3 Å². The van der Waals surface area contributed by atoms with E-state index < -0.39 is 0 Å². The molecule has 7 nitrogen and oxygen atoms in total. The molecular weight excluding hydrogens is 410 g/mol. The molecule has 0 bridgehead atoms. The minimum absolute atomic E-state index is 0.0800. The molecule has 0 unspecified atom stereocenters. The molecule has 3 heterocycles. The van der Waals surface area contributed by atoms with Crippen LogP contribution in [0.4, 0.5) is 5.13 Å². The highest BCUT2D eigenvalue weighted by atomic mass is 35.5. The summed E-state index contributed by atoms with van der Waals surface area (Å²) in [6.45, 7) is 4.42. The first-order valence-electron chi connectivity index (χ1n) is 9.61. The zero-order chi connectivity index (χ0) is 20.4. The van der Waals surface area contributed by atoms with E-state index in [0.717, 1.165) is 30.2 Å². The van der Waals surface area contributed by atoms with Crippen LogP contribution in [0.25, 0.3) is 10.3 Å². The second-order valence-electron chi connectivity index (χ2n) is 7.42. The van der Waals surface area contributed by atoms with Crippen LogP contribution in [0.2, 0.25) is 5.02 Å². The highest BCUT2D eigenvalue weighted by Crippen LogP contribution is 2.29. The predicted octanol–water partition coefficient (Wildman–Crippen LogP) is 3.06. The number of aromatic nitrogens is 3. The number of carbonyl (C=O) groups is 1. The van der Waals surface area contributed by atoms with Crippen molar-refractivity contribution >= 4 is 44.3 Å². The summed E-state index contributed by atoms with van der Waals surface area (Å²) in [5.74, 6) is 0.363. The predicted molar refractivity (Wildman–Crippen MR) is 116 cm³/mol. The average Bonchev–Trinajstić information content (AvgIpc) is 3.15. The Kier molecular flexibility index (Phi) is 5.82. The van der Waals surface area contributed by atoms with E-state index in [1.165, 1.54) is 28.7 Å². The molecule has 0 saturated carbocycles. The van der Waals surface area contributed by atoms with Crippen molar-refractivity contribution < 1.29 is 4.79 Å². The molecule has 1 aromatic carbocycles. The molecule has 1 saturated heterocycles. The third kappa shape index (κ3) is 4.59. The fourth-order valence-corrected chi connectivity index (χ4v) is 4.59. The summed E-state index contributed by atoms with van der Waals surface area (Å²) in [6, 6.07) is 7.25. The summed E-state index contributed by atoms with van der Waals surface area (Å²) >= 11 is 7.23. The van der Waals surface area contributed by atoms with E-state index in [4.69, 9.17) is 11.6 Å². The van der Waals surface area contributed by atoms with Crippen LogP contribution in [-0.4, -0.2) is 33.5 Å². The fourth-order valence-electron chi connectivity index (χ4n) is 3.46. The van der Waals surface area contributed by atoms with Gasteiger partial charge in [0.05, 0.1) is 0 Å². The molecule has 0 spiro atoms. The smallest absolute Gasteiger partial charge is 0.273 e. The van der Waals surface area contributed by atoms with Crippen molar-refractivity contribution in [3.8, 4) is 0 Å². The van der Waals surface area contributed by atoms with Gasteiger partial charge in [0.1, 0.15) is 17.6 Å². The van der Waals surface area contributed by atoms with E-state index in [2.05, 4.69) is 27.1 Å². The number of nitrogens with one attached hydrogen (secondary N) is 1. The zero-order valence-electron chi connectivity index (χ0n) is 16.1. The number of piperidine rings is 1. The maximum absolute atomic E-state index is 12.8. The molecule has 3 aromatic rings. The van der Waals surface area contributed by atoms with Gasteiger partial charge in [-0.15, -0.1) is 0 Å². The number of amides is 1. The highest BCUT2D eigenvalue weighted by molar-refractivity contribution is 7.22. The number of halogens is 1. The minimum Gasteiger partial charge on any atom is -0.350 e. The Labute approximate surface area is 177 Å². The van der Waals surface area contributed by atoms with Crippen LogP contribution in [0.3, 0.4) is 0 Å². The van der Waals surface area contributed by atoms with Crippen molar-refractivity contribution in [3.63, 3.8) is 0 Å². The molecule has 2 aromatic heterocycles. The third-order valence-electron chi connectivity index (χ3n) is 5.02. The number of hydrogen-bond donors (Lipinski definition) is 1. The molecule has 29 heavy (non-hydrogen) atoms. The molecule has 152 valence electrons. The Balaban J connectivity index is 1.46. The SMILES string of the molecule is C[C@@H]1CCCN(c2nc3ncn(CC(=O)NCc4ccc(Cl)cc4)c(=O)c3s2)C1. The maximum atomic E-state index is 12.8. The van der Waals surface area contributed by atoms with Crippen molar-refractivity contribution in [2.75, 3.05) is 18.0 Å². The van der Waals surface area contributed by atoms with Gasteiger partial charge in [-0.05, 0) is 36.5 Å². The number of benzene rings is 1. The lowest BCUT2D eigenvalue weighted by atomic mass is 10.0. The Morgan fingerprint density at radius 3 is 2.90 bits per heavy atom. The van der Waals surface area contributed by atoms with Crippen molar-refractivity contribution in [1.82, 2.24) is 19.9 Å². The van der Waals surface area contributed by atoms with Crippen molar-refractivity contribution in [2.45, 2.75) is 32.9 Å². The number of carbonyl (C=O) groups excluding carboxylic acids is 1. The first kappa shape index (κ1) is 19.8. The van der Waals surface area contributed by atoms with Crippen LogP contribution in [0.5, 0.6) is 0 Å². The van der Waals surface area contributed by atoms with Crippen LogP contribution in [0, 0.1) is 5.92 Å². The van der Waals surface area contributed by atoms with E-state index in [-0.39, 0.29) is 18.0 Å². The molecule has 0 aliphatic carbocycles. The Morgan fingerprint density at radius 2 is 2.14 bits per heavy atom. The molecule has 4 rings (SSSR count). The van der Waals surface area contributed by atoms with Gasteiger partial charge in [-0.2, -0.15) is 4.98 Å². The number of anilines is 1. The number of fused-ring (bicyclic) bond motifs is 1. The molecule has 1 amide bonds. The van der Waals surface area contributed by atoms with Gasteiger partial charge in [-0.25, -0.2) is 4.98 Å². The average molecular weight is 432 g/mol. The van der Waals surface area contributed by atoms with Gasteiger partial charge in [0, 0.05) is 24.7 Å². The van der Waals surface area contributed by atoms with Gasteiger partial charge in [0.25, 0.3) is 5.56 Å². The van der Waals surface area contributed by atoms with Gasteiger partial charge in [0.2, 0.25) is 5.91 Å². The van der Waals surface area contributed by atoms with Crippen LogP contribution >= 0.6 is 22.9 Å². The first-order chi connectivity index (χ1) is 14.0. The summed E-state index contributed by atoms with van der Waals surface area (Å²) in [7, 11) is 0. The molecule has 1 N–H and O–H groups in total. The molecule has 0 radical (unpaired) electrons. The number of rotatable bonds is 5. The van der Waals surface area contributed by atoms with Crippen molar-refractivity contribution in [2.24, 2.45) is 5.92 Å². The van der Waals surface area contributed by atoms with E-state index in [0.29, 0.717) is 27.8 Å². The Bertz CT molecular complexity index is 1080. The summed E-state index contributed by atoms with van der Waals surface area (Å²) in [5.41, 5.74) is 1.16. The van der Waals surface area contributed by atoms with Gasteiger partial charge in [-0.1, -0.05) is 42.0 Å². The van der Waals surface area contributed by atoms with E-state index in [1.54, 1.807) is 12.1 Å². The molecule has 1 fully saturated rings. The minimum atomic E-state index is -0.252. The summed E-state index contributed by atoms with van der Waals surface area (Å²) < 4.78 is 1.83. The number of thiazole rings is 1. The second-order valence-corrected chi connectivity index (χ2v) is 8.84. The Hall–Kier alpha value is -2.45. The lowest BCUT2D eigenvalue weighted by Gasteiger charge is -2.30. The fraction of sp³-hybridized carbons (Fsp3) is 0.400. The van der Waals surface area contributed by atoms with E-state index >= 15 is 0 Å². The molecule has 1 aliphatic rings. The van der Waals surface area contributed by atoms with Crippen LogP contribution in [-0.2, 0) is 17.9 Å². The molecule has 9 heteroatoms. The molecule has 1 atom stereocenters. The monoisotopic (exact) mass is 431 g/mol. The quantitative estimate of drug-likeness (QED) is 0.671. The van der Waals surface area contributed by atoms with Gasteiger partial charge >= 0.3 is 0 Å². The molecule has 1 aliphatic heterocycles. The summed E-state index contributed by atoms with van der Waals surface area (Å²) in [6.07, 6.45) is 3.75. The van der Waals surface area contributed by atoms with E-state index in [1.807, 2.05) is 12.1 Å². The van der Waals surface area contributed by atoms with Crippen LogP contribution < -0.4 is 15.8 Å². The largest absolute Gasteiger partial charge is 0.350 e. The number of hydrogen-bond acceptors (Lipinski definition) is 6. The second kappa shape index (κ2) is 8.51. The summed E-state index contributed by atoms with van der Waals surface area (Å²) in [4.78, 5) is 36.2. The van der Waals surface area contributed by atoms with Crippen molar-refractivity contribution in [3.05, 3.63) is 51.5 Å². The zero-order valence-corrected chi connectivity index (χ0v) is 17.7. The van der Waals surface area contributed by atoms with Crippen LogP contribution in [0.15, 0.2) is 35.4 Å². The number of nitrogens with zero attached hydrogens (tertiary/aromatic N) is 4. The third-order valence-corrected chi connectivity index (χ3v) is 6.36. The van der Waals surface area contributed by atoms with E-state index in [9.17, 15) is 9.59 Å². The Morgan fingerprint density at radius 1 is 1.34 bits per heavy atom. The van der Waals surface area contributed by atoms with Crippen molar-refractivity contribution in [1.29, 1.82) is 0 Å². The van der Waals surface area contributed by atoms with Gasteiger partial charge in [-0.3, -0.25) is 14.2 Å². The normalized spacial score (nSPS) is 16.9. The standard InChI is InChI=1S/C20H22ClN5O2S/c1-13-3-2-8-25(10-13)20-24-18-17(29-20)19(28)26(12-23-18)11-16(27)22-9-14-4-6-15(21)7-5-14/h4-7,12-13H,2-3,8-11H2,1H3,(H,22,27)/t13-/m1/s1. The van der Waals surface area contributed by atoms with Gasteiger partial charge < -0.3 is 10.2 Å². The summed E-state index contributed by atoms with van der Waals surface area (Å²) in [5, 5.41) is 4.30.